The highest BCUT2D eigenvalue weighted by molar-refractivity contribution is 6.20. The van der Waals surface area contributed by atoms with Crippen LogP contribution in [0.5, 0.6) is 5.75 Å². The Bertz CT molecular complexity index is 764. The summed E-state index contributed by atoms with van der Waals surface area (Å²) < 4.78 is 4.66. The van der Waals surface area contributed by atoms with E-state index in [-0.39, 0.29) is 16.9 Å². The first kappa shape index (κ1) is 15.4. The van der Waals surface area contributed by atoms with Crippen molar-refractivity contribution in [1.82, 2.24) is 0 Å². The maximum Gasteiger partial charge on any atom is 0.318 e. The fourth-order valence-corrected chi connectivity index (χ4v) is 3.73. The standard InChI is InChI=1S/C17H16O6/c1-7-12(16(22)23-15(7)21)17(3)8(2)13(19)11-9(14(17)20)5-4-6-10(11)18/h4-8,12,18H,1-3H3. The lowest BCUT2D eigenvalue weighted by molar-refractivity contribution is -0.154. The molecule has 6 heteroatoms. The first-order chi connectivity index (χ1) is 10.7. The van der Waals surface area contributed by atoms with Crippen molar-refractivity contribution in [3.05, 3.63) is 29.3 Å². The maximum atomic E-state index is 13.0. The lowest BCUT2D eigenvalue weighted by atomic mass is 9.56. The number of benzene rings is 1. The van der Waals surface area contributed by atoms with Gasteiger partial charge >= 0.3 is 11.9 Å². The van der Waals surface area contributed by atoms with Gasteiger partial charge in [-0.25, -0.2) is 0 Å². The zero-order valence-electron chi connectivity index (χ0n) is 13.0. The van der Waals surface area contributed by atoms with Gasteiger partial charge in [-0.15, -0.1) is 0 Å². The Morgan fingerprint density at radius 3 is 2.30 bits per heavy atom. The highest BCUT2D eigenvalue weighted by atomic mass is 16.6. The number of cyclic esters (lactones) is 2. The number of esters is 2. The highest BCUT2D eigenvalue weighted by Crippen LogP contribution is 2.51. The van der Waals surface area contributed by atoms with Crippen LogP contribution in [0.3, 0.4) is 0 Å². The predicted octanol–water partition coefficient (Wildman–Crippen LogP) is 1.75. The topological polar surface area (TPSA) is 97.7 Å². The van der Waals surface area contributed by atoms with Crippen LogP contribution in [-0.2, 0) is 14.3 Å². The molecule has 1 aromatic rings. The zero-order valence-corrected chi connectivity index (χ0v) is 13.0. The second-order valence-electron chi connectivity index (χ2n) is 6.40. The minimum Gasteiger partial charge on any atom is -0.507 e. The van der Waals surface area contributed by atoms with E-state index in [1.807, 2.05) is 0 Å². The Morgan fingerprint density at radius 1 is 1.09 bits per heavy atom. The van der Waals surface area contributed by atoms with E-state index < -0.39 is 46.7 Å². The first-order valence-corrected chi connectivity index (χ1v) is 7.37. The van der Waals surface area contributed by atoms with E-state index in [9.17, 15) is 24.3 Å². The second kappa shape index (κ2) is 4.75. The van der Waals surface area contributed by atoms with Gasteiger partial charge in [-0.3, -0.25) is 19.2 Å². The Kier molecular flexibility index (Phi) is 3.18. The molecule has 0 saturated carbocycles. The number of ether oxygens (including phenoxy) is 1. The van der Waals surface area contributed by atoms with Crippen LogP contribution in [0.25, 0.3) is 0 Å². The molecule has 0 amide bonds. The summed E-state index contributed by atoms with van der Waals surface area (Å²) in [6, 6.07) is 4.26. The molecule has 1 fully saturated rings. The summed E-state index contributed by atoms with van der Waals surface area (Å²) in [5, 5.41) is 9.93. The number of Topliss-reactive ketones (excluding diaryl/α,β-unsaturated/α-hetero) is 2. The van der Waals surface area contributed by atoms with Crippen LogP contribution in [0.2, 0.25) is 0 Å². The summed E-state index contributed by atoms with van der Waals surface area (Å²) >= 11 is 0. The molecule has 120 valence electrons. The van der Waals surface area contributed by atoms with Crippen molar-refractivity contribution in [2.45, 2.75) is 20.8 Å². The third-order valence-electron chi connectivity index (χ3n) is 5.29. The van der Waals surface area contributed by atoms with Crippen LogP contribution < -0.4 is 0 Å². The number of hydrogen-bond acceptors (Lipinski definition) is 6. The van der Waals surface area contributed by atoms with Crippen molar-refractivity contribution in [3.63, 3.8) is 0 Å². The van der Waals surface area contributed by atoms with Crippen molar-refractivity contribution in [2.24, 2.45) is 23.2 Å². The van der Waals surface area contributed by atoms with Crippen molar-refractivity contribution in [1.29, 1.82) is 0 Å². The van der Waals surface area contributed by atoms with Crippen molar-refractivity contribution in [2.75, 3.05) is 0 Å². The second-order valence-corrected chi connectivity index (χ2v) is 6.40. The van der Waals surface area contributed by atoms with Crippen molar-refractivity contribution < 1.29 is 29.0 Å². The number of aromatic hydroxyl groups is 1. The van der Waals surface area contributed by atoms with Gasteiger partial charge in [-0.1, -0.05) is 32.9 Å². The number of carbonyl (C=O) groups excluding carboxylic acids is 4. The van der Waals surface area contributed by atoms with Crippen LogP contribution in [-0.4, -0.2) is 28.6 Å². The minimum absolute atomic E-state index is 0.0205. The summed E-state index contributed by atoms with van der Waals surface area (Å²) in [6.07, 6.45) is 0. The van der Waals surface area contributed by atoms with Gasteiger partial charge in [-0.05, 0) is 6.07 Å². The monoisotopic (exact) mass is 316 g/mol. The Labute approximate surface area is 132 Å². The van der Waals surface area contributed by atoms with Gasteiger partial charge < -0.3 is 9.84 Å². The molecule has 3 rings (SSSR count). The summed E-state index contributed by atoms with van der Waals surface area (Å²) in [5.74, 6) is -5.24. The van der Waals surface area contributed by atoms with Gasteiger partial charge in [0, 0.05) is 11.5 Å². The molecule has 1 aliphatic heterocycles. The molecule has 4 unspecified atom stereocenters. The molecule has 1 heterocycles. The van der Waals surface area contributed by atoms with Crippen molar-refractivity contribution in [3.8, 4) is 5.75 Å². The largest absolute Gasteiger partial charge is 0.507 e. The van der Waals surface area contributed by atoms with E-state index in [2.05, 4.69) is 4.74 Å². The van der Waals surface area contributed by atoms with E-state index in [1.54, 1.807) is 6.92 Å². The molecule has 1 saturated heterocycles. The van der Waals surface area contributed by atoms with E-state index in [0.29, 0.717) is 0 Å². The first-order valence-electron chi connectivity index (χ1n) is 7.37. The molecule has 1 N–H and O–H groups in total. The van der Waals surface area contributed by atoms with Gasteiger partial charge in [-0.2, -0.15) is 0 Å². The molecule has 6 nitrogen and oxygen atoms in total. The van der Waals surface area contributed by atoms with Crippen LogP contribution in [0.4, 0.5) is 0 Å². The summed E-state index contributed by atoms with van der Waals surface area (Å²) in [7, 11) is 0. The average Bonchev–Trinajstić information content (AvgIpc) is 2.76. The normalized spacial score (nSPS) is 33.6. The molecule has 0 aromatic heterocycles. The molecule has 2 aliphatic rings. The molecule has 0 spiro atoms. The molecule has 0 bridgehead atoms. The molecular weight excluding hydrogens is 300 g/mol. The number of rotatable bonds is 1. The lowest BCUT2D eigenvalue weighted by Gasteiger charge is -2.41. The third-order valence-corrected chi connectivity index (χ3v) is 5.29. The fourth-order valence-electron chi connectivity index (χ4n) is 3.73. The molecule has 4 atom stereocenters. The SMILES string of the molecule is CC1C(=O)OC(=O)C1C1(C)C(=O)c2cccc(O)c2C(=O)C1C. The van der Waals surface area contributed by atoms with Gasteiger partial charge in [0.25, 0.3) is 0 Å². The average molecular weight is 316 g/mol. The molecule has 1 aliphatic carbocycles. The van der Waals surface area contributed by atoms with Crippen LogP contribution in [0.1, 0.15) is 41.5 Å². The summed E-state index contributed by atoms with van der Waals surface area (Å²) in [5.41, 5.74) is -1.33. The zero-order chi connectivity index (χ0) is 17.1. The molecular formula is C17H16O6. The number of ketones is 2. The number of carbonyl (C=O) groups is 4. The minimum atomic E-state index is -1.39. The van der Waals surface area contributed by atoms with Crippen LogP contribution in [0, 0.1) is 23.2 Å². The van der Waals surface area contributed by atoms with E-state index in [1.165, 1.54) is 32.0 Å². The highest BCUT2D eigenvalue weighted by Gasteiger charge is 2.61. The quantitative estimate of drug-likeness (QED) is 0.626. The number of phenolic OH excluding ortho intramolecular Hbond substituents is 1. The van der Waals surface area contributed by atoms with Crippen LogP contribution in [0.15, 0.2) is 18.2 Å². The molecule has 0 radical (unpaired) electrons. The molecule has 23 heavy (non-hydrogen) atoms. The summed E-state index contributed by atoms with van der Waals surface area (Å²) in [4.78, 5) is 49.6. The van der Waals surface area contributed by atoms with E-state index in [0.717, 1.165) is 0 Å². The van der Waals surface area contributed by atoms with Gasteiger partial charge in [0.05, 0.1) is 22.8 Å². The Hall–Kier alpha value is -2.50. The van der Waals surface area contributed by atoms with E-state index in [4.69, 9.17) is 0 Å². The Morgan fingerprint density at radius 2 is 1.74 bits per heavy atom. The maximum absolute atomic E-state index is 13.0. The predicted molar refractivity (Wildman–Crippen MR) is 77.8 cm³/mol. The summed E-state index contributed by atoms with van der Waals surface area (Å²) in [6.45, 7) is 4.58. The number of fused-ring (bicyclic) bond motifs is 1. The molecule has 1 aromatic carbocycles. The third kappa shape index (κ3) is 1.81. The Balaban J connectivity index is 2.21. The number of hydrogen-bond donors (Lipinski definition) is 1. The number of phenols is 1. The van der Waals surface area contributed by atoms with E-state index >= 15 is 0 Å². The van der Waals surface area contributed by atoms with Gasteiger partial charge in [0.15, 0.2) is 11.6 Å². The van der Waals surface area contributed by atoms with Crippen molar-refractivity contribution >= 4 is 23.5 Å². The van der Waals surface area contributed by atoms with Gasteiger partial charge in [0.1, 0.15) is 5.75 Å². The van der Waals surface area contributed by atoms with Crippen LogP contribution >= 0.6 is 0 Å². The smallest absolute Gasteiger partial charge is 0.318 e. The lowest BCUT2D eigenvalue weighted by Crippen LogP contribution is -2.51. The van der Waals surface area contributed by atoms with Gasteiger partial charge in [0.2, 0.25) is 0 Å². The fraction of sp³-hybridized carbons (Fsp3) is 0.412.